The van der Waals surface area contributed by atoms with Gasteiger partial charge in [0.1, 0.15) is 0 Å². The third-order valence-electron chi connectivity index (χ3n) is 4.48. The molecular formula is C20H21NOS. The van der Waals surface area contributed by atoms with Crippen molar-refractivity contribution < 1.29 is 4.79 Å². The zero-order chi connectivity index (χ0) is 16.4. The first-order valence-electron chi connectivity index (χ1n) is 7.95. The van der Waals surface area contributed by atoms with Gasteiger partial charge in [-0.25, -0.2) is 0 Å². The highest BCUT2D eigenvalue weighted by atomic mass is 32.1. The summed E-state index contributed by atoms with van der Waals surface area (Å²) < 4.78 is 1.16. The number of carbonyl (C=O) groups is 1. The van der Waals surface area contributed by atoms with Gasteiger partial charge in [0.25, 0.3) is 5.91 Å². The molecule has 1 unspecified atom stereocenters. The van der Waals surface area contributed by atoms with Crippen LogP contribution in [0.5, 0.6) is 0 Å². The first-order chi connectivity index (χ1) is 11.1. The predicted molar refractivity (Wildman–Crippen MR) is 99.1 cm³/mol. The van der Waals surface area contributed by atoms with Crippen LogP contribution >= 0.6 is 11.3 Å². The first-order valence-corrected chi connectivity index (χ1v) is 8.83. The van der Waals surface area contributed by atoms with Gasteiger partial charge in [0.15, 0.2) is 0 Å². The molecular weight excluding hydrogens is 302 g/mol. The minimum absolute atomic E-state index is 0.0897. The monoisotopic (exact) mass is 323 g/mol. The molecule has 0 aliphatic carbocycles. The van der Waals surface area contributed by atoms with Crippen molar-refractivity contribution in [2.45, 2.75) is 26.3 Å². The predicted octanol–water partition coefficient (Wildman–Crippen LogP) is 5.44. The highest BCUT2D eigenvalue weighted by molar-refractivity contribution is 7.17. The maximum atomic E-state index is 12.8. The van der Waals surface area contributed by atoms with Crippen LogP contribution in [-0.2, 0) is 0 Å². The number of hydrogen-bond donors (Lipinski definition) is 0. The van der Waals surface area contributed by atoms with Crippen LogP contribution in [0.1, 0.15) is 30.6 Å². The zero-order valence-electron chi connectivity index (χ0n) is 13.7. The average molecular weight is 323 g/mol. The van der Waals surface area contributed by atoms with E-state index in [-0.39, 0.29) is 11.9 Å². The second-order valence-electron chi connectivity index (χ2n) is 5.90. The Hall–Kier alpha value is -2.13. The Morgan fingerprint density at radius 1 is 1.17 bits per heavy atom. The van der Waals surface area contributed by atoms with Crippen LogP contribution in [0.3, 0.4) is 0 Å². The lowest BCUT2D eigenvalue weighted by atomic mass is 9.99. The lowest BCUT2D eigenvalue weighted by molar-refractivity contribution is 0.0741. The van der Waals surface area contributed by atoms with Crippen LogP contribution in [0.15, 0.2) is 53.9 Å². The summed E-state index contributed by atoms with van der Waals surface area (Å²) in [5, 5.41) is 3.30. The summed E-state index contributed by atoms with van der Waals surface area (Å²) in [6, 6.07) is 16.7. The van der Waals surface area contributed by atoms with E-state index < -0.39 is 0 Å². The molecule has 1 amide bonds. The number of thiophene rings is 1. The van der Waals surface area contributed by atoms with Crippen molar-refractivity contribution in [2.75, 3.05) is 7.05 Å². The van der Waals surface area contributed by atoms with E-state index in [1.165, 1.54) is 5.39 Å². The standard InChI is InChI=1S/C20H21NOS/c1-4-14(2)21(3)20(22)16-12-18(15-8-6-5-7-9-15)17-10-11-23-19(17)13-16/h5-14H,4H2,1-3H3. The fourth-order valence-electron chi connectivity index (χ4n) is 2.73. The second kappa shape index (κ2) is 6.55. The number of carbonyl (C=O) groups excluding carboxylic acids is 1. The molecule has 0 fully saturated rings. The van der Waals surface area contributed by atoms with Crippen molar-refractivity contribution in [2.24, 2.45) is 0 Å². The second-order valence-corrected chi connectivity index (χ2v) is 6.84. The topological polar surface area (TPSA) is 20.3 Å². The highest BCUT2D eigenvalue weighted by Gasteiger charge is 2.18. The summed E-state index contributed by atoms with van der Waals surface area (Å²) >= 11 is 1.68. The molecule has 0 bridgehead atoms. The molecule has 1 heterocycles. The summed E-state index contributed by atoms with van der Waals surface area (Å²) in [5.74, 6) is 0.0897. The first kappa shape index (κ1) is 15.8. The molecule has 3 rings (SSSR count). The van der Waals surface area contributed by atoms with Gasteiger partial charge in [-0.2, -0.15) is 0 Å². The van der Waals surface area contributed by atoms with Gasteiger partial charge >= 0.3 is 0 Å². The third kappa shape index (κ3) is 3.02. The molecule has 1 aromatic heterocycles. The number of rotatable bonds is 4. The van der Waals surface area contributed by atoms with Crippen LogP contribution in [-0.4, -0.2) is 23.9 Å². The van der Waals surface area contributed by atoms with Crippen LogP contribution in [0, 0.1) is 0 Å². The Balaban J connectivity index is 2.11. The number of benzene rings is 2. The summed E-state index contributed by atoms with van der Waals surface area (Å²) in [4.78, 5) is 14.7. The van der Waals surface area contributed by atoms with Crippen LogP contribution in [0.2, 0.25) is 0 Å². The van der Waals surface area contributed by atoms with Gasteiger partial charge in [0.05, 0.1) is 0 Å². The van der Waals surface area contributed by atoms with Crippen molar-refractivity contribution in [3.8, 4) is 11.1 Å². The lowest BCUT2D eigenvalue weighted by Gasteiger charge is -2.24. The molecule has 1 atom stereocenters. The quantitative estimate of drug-likeness (QED) is 0.626. The molecule has 0 radical (unpaired) electrons. The van der Waals surface area contributed by atoms with E-state index in [1.54, 1.807) is 11.3 Å². The van der Waals surface area contributed by atoms with E-state index in [9.17, 15) is 4.79 Å². The van der Waals surface area contributed by atoms with Crippen molar-refractivity contribution in [3.05, 3.63) is 59.5 Å². The fourth-order valence-corrected chi connectivity index (χ4v) is 3.58. The van der Waals surface area contributed by atoms with Crippen LogP contribution in [0.25, 0.3) is 21.2 Å². The number of hydrogen-bond acceptors (Lipinski definition) is 2. The number of nitrogens with zero attached hydrogens (tertiary/aromatic N) is 1. The third-order valence-corrected chi connectivity index (χ3v) is 5.34. The zero-order valence-corrected chi connectivity index (χ0v) is 14.6. The van der Waals surface area contributed by atoms with E-state index in [2.05, 4.69) is 37.4 Å². The molecule has 0 saturated heterocycles. The molecule has 2 aromatic carbocycles. The van der Waals surface area contributed by atoms with Crippen molar-refractivity contribution in [3.63, 3.8) is 0 Å². The van der Waals surface area contributed by atoms with Gasteiger partial charge in [0.2, 0.25) is 0 Å². The normalized spacial score (nSPS) is 12.3. The van der Waals surface area contributed by atoms with Crippen LogP contribution < -0.4 is 0 Å². The van der Waals surface area contributed by atoms with Gasteiger partial charge in [-0.05, 0) is 48.1 Å². The van der Waals surface area contributed by atoms with Gasteiger partial charge < -0.3 is 4.90 Å². The Morgan fingerprint density at radius 2 is 1.91 bits per heavy atom. The Bertz CT molecular complexity index is 822. The summed E-state index contributed by atoms with van der Waals surface area (Å²) in [5.41, 5.74) is 3.04. The SMILES string of the molecule is CCC(C)N(C)C(=O)c1cc(-c2ccccc2)c2ccsc2c1. The minimum atomic E-state index is 0.0897. The highest BCUT2D eigenvalue weighted by Crippen LogP contribution is 2.33. The molecule has 0 N–H and O–H groups in total. The summed E-state index contributed by atoms with van der Waals surface area (Å²) in [6.07, 6.45) is 0.953. The summed E-state index contributed by atoms with van der Waals surface area (Å²) in [6.45, 7) is 4.19. The summed E-state index contributed by atoms with van der Waals surface area (Å²) in [7, 11) is 1.89. The maximum absolute atomic E-state index is 12.8. The van der Waals surface area contributed by atoms with E-state index in [0.717, 1.165) is 27.8 Å². The molecule has 2 nitrogen and oxygen atoms in total. The van der Waals surface area contributed by atoms with Crippen LogP contribution in [0.4, 0.5) is 0 Å². The number of amides is 1. The molecule has 0 aliphatic heterocycles. The molecule has 0 saturated carbocycles. The molecule has 23 heavy (non-hydrogen) atoms. The smallest absolute Gasteiger partial charge is 0.253 e. The largest absolute Gasteiger partial charge is 0.339 e. The average Bonchev–Trinajstić information content (AvgIpc) is 3.08. The van der Waals surface area contributed by atoms with Gasteiger partial charge in [0, 0.05) is 28.7 Å². The van der Waals surface area contributed by atoms with Crippen molar-refractivity contribution >= 4 is 27.3 Å². The van der Waals surface area contributed by atoms with Gasteiger partial charge in [-0.1, -0.05) is 37.3 Å². The van der Waals surface area contributed by atoms with E-state index in [1.807, 2.05) is 42.3 Å². The molecule has 118 valence electrons. The van der Waals surface area contributed by atoms with Gasteiger partial charge in [-0.3, -0.25) is 4.79 Å². The number of fused-ring (bicyclic) bond motifs is 1. The maximum Gasteiger partial charge on any atom is 0.253 e. The fraction of sp³-hybridized carbons (Fsp3) is 0.250. The van der Waals surface area contributed by atoms with E-state index in [0.29, 0.717) is 0 Å². The lowest BCUT2D eigenvalue weighted by Crippen LogP contribution is -2.34. The van der Waals surface area contributed by atoms with E-state index in [4.69, 9.17) is 0 Å². The molecule has 0 spiro atoms. The molecule has 3 heteroatoms. The van der Waals surface area contributed by atoms with Gasteiger partial charge in [-0.15, -0.1) is 11.3 Å². The minimum Gasteiger partial charge on any atom is -0.339 e. The Kier molecular flexibility index (Phi) is 4.49. The van der Waals surface area contributed by atoms with E-state index >= 15 is 0 Å². The Labute approximate surface area is 141 Å². The molecule has 3 aromatic rings. The van der Waals surface area contributed by atoms with Crippen molar-refractivity contribution in [1.82, 2.24) is 4.90 Å². The Morgan fingerprint density at radius 3 is 2.61 bits per heavy atom. The van der Waals surface area contributed by atoms with Crippen molar-refractivity contribution in [1.29, 1.82) is 0 Å². The molecule has 0 aliphatic rings.